The number of hydrogen-bond acceptors (Lipinski definition) is 5. The number of carbonyl (C=O) groups excluding carboxylic acids is 1. The Labute approximate surface area is 204 Å². The molecule has 1 aliphatic carbocycles. The number of anilines is 2. The maximum absolute atomic E-state index is 12.4. The van der Waals surface area contributed by atoms with Gasteiger partial charge in [-0.3, -0.25) is 4.79 Å². The lowest BCUT2D eigenvalue weighted by Crippen LogP contribution is -2.30. The van der Waals surface area contributed by atoms with Crippen LogP contribution in [0.5, 0.6) is 0 Å². The largest absolute Gasteiger partial charge is 0.362 e. The van der Waals surface area contributed by atoms with Gasteiger partial charge in [0.1, 0.15) is 5.82 Å². The topological polar surface area (TPSA) is 70.2 Å². The van der Waals surface area contributed by atoms with Crippen LogP contribution in [0.1, 0.15) is 42.5 Å². The molecule has 8 heteroatoms. The van der Waals surface area contributed by atoms with Crippen LogP contribution in [0, 0.1) is 5.92 Å². The van der Waals surface area contributed by atoms with E-state index in [-0.39, 0.29) is 5.91 Å². The van der Waals surface area contributed by atoms with E-state index in [2.05, 4.69) is 16.7 Å². The summed E-state index contributed by atoms with van der Waals surface area (Å²) < 4.78 is 0. The third-order valence-corrected chi connectivity index (χ3v) is 6.84. The van der Waals surface area contributed by atoms with Gasteiger partial charge in [-0.25, -0.2) is 4.98 Å². The summed E-state index contributed by atoms with van der Waals surface area (Å²) >= 11 is 12.3. The van der Waals surface area contributed by atoms with Gasteiger partial charge in [0.05, 0.1) is 21.1 Å². The van der Waals surface area contributed by atoms with Gasteiger partial charge in [0, 0.05) is 32.1 Å². The van der Waals surface area contributed by atoms with Crippen molar-refractivity contribution < 1.29 is 4.79 Å². The zero-order valence-corrected chi connectivity index (χ0v) is 20.5. The van der Waals surface area contributed by atoms with Crippen LogP contribution in [0.15, 0.2) is 42.5 Å². The molecule has 4 rings (SSSR count). The summed E-state index contributed by atoms with van der Waals surface area (Å²) in [6.07, 6.45) is 5.27. The van der Waals surface area contributed by atoms with Gasteiger partial charge in [-0.1, -0.05) is 41.4 Å². The second-order valence-electron chi connectivity index (χ2n) is 8.79. The van der Waals surface area contributed by atoms with Gasteiger partial charge in [0.2, 0.25) is 5.95 Å². The first-order chi connectivity index (χ1) is 15.9. The molecule has 0 unspecified atom stereocenters. The molecule has 174 valence electrons. The van der Waals surface area contributed by atoms with Crippen molar-refractivity contribution in [2.45, 2.75) is 38.1 Å². The molecular formula is C25H29Cl2N5O. The molecule has 1 heterocycles. The molecule has 2 N–H and O–H groups in total. The first kappa shape index (κ1) is 23.6. The monoisotopic (exact) mass is 485 g/mol. The lowest BCUT2D eigenvalue weighted by molar-refractivity contribution is 0.0950. The number of rotatable bonds is 7. The van der Waals surface area contributed by atoms with E-state index in [9.17, 15) is 4.79 Å². The number of benzene rings is 2. The highest BCUT2D eigenvalue weighted by atomic mass is 35.5. The molecule has 1 saturated carbocycles. The molecule has 0 atom stereocenters. The third kappa shape index (κ3) is 5.68. The van der Waals surface area contributed by atoms with E-state index in [1.165, 1.54) is 0 Å². The number of halogens is 2. The second kappa shape index (κ2) is 10.6. The minimum atomic E-state index is -0.217. The Kier molecular flexibility index (Phi) is 7.56. The quantitative estimate of drug-likeness (QED) is 0.442. The highest BCUT2D eigenvalue weighted by Gasteiger charge is 2.23. The van der Waals surface area contributed by atoms with E-state index in [1.54, 1.807) is 18.2 Å². The summed E-state index contributed by atoms with van der Waals surface area (Å²) in [7, 11) is 4.00. The van der Waals surface area contributed by atoms with E-state index in [1.807, 2.05) is 37.2 Å². The molecule has 0 saturated heterocycles. The van der Waals surface area contributed by atoms with Crippen molar-refractivity contribution in [2.75, 3.05) is 30.9 Å². The van der Waals surface area contributed by atoms with Crippen LogP contribution in [-0.4, -0.2) is 42.6 Å². The van der Waals surface area contributed by atoms with Gasteiger partial charge < -0.3 is 15.5 Å². The van der Waals surface area contributed by atoms with Crippen molar-refractivity contribution >= 4 is 51.8 Å². The van der Waals surface area contributed by atoms with Gasteiger partial charge in [-0.05, 0) is 62.3 Å². The van der Waals surface area contributed by atoms with Crippen LogP contribution < -0.4 is 15.5 Å². The minimum absolute atomic E-state index is 0.217. The summed E-state index contributed by atoms with van der Waals surface area (Å²) in [6.45, 7) is 0.614. The summed E-state index contributed by atoms with van der Waals surface area (Å²) in [5.74, 6) is 1.97. The van der Waals surface area contributed by atoms with E-state index in [4.69, 9.17) is 33.2 Å². The normalized spacial score (nSPS) is 18.2. The number of nitrogens with one attached hydrogen (secondary N) is 2. The Morgan fingerprint density at radius 2 is 1.70 bits per heavy atom. The highest BCUT2D eigenvalue weighted by molar-refractivity contribution is 6.39. The molecule has 0 radical (unpaired) electrons. The number of aromatic nitrogens is 2. The zero-order valence-electron chi connectivity index (χ0n) is 18.9. The van der Waals surface area contributed by atoms with E-state index < -0.39 is 0 Å². The Hall–Kier alpha value is -2.57. The molecule has 1 aliphatic rings. The molecule has 3 aromatic rings. The molecule has 0 aliphatic heterocycles. The van der Waals surface area contributed by atoms with Crippen LogP contribution in [0.3, 0.4) is 0 Å². The summed E-state index contributed by atoms with van der Waals surface area (Å²) in [4.78, 5) is 24.0. The van der Waals surface area contributed by atoms with E-state index >= 15 is 0 Å². The number of carbonyl (C=O) groups is 1. The molecule has 2 aromatic carbocycles. The molecule has 6 nitrogen and oxygen atoms in total. The molecule has 1 amide bonds. The van der Waals surface area contributed by atoms with Crippen molar-refractivity contribution in [3.05, 3.63) is 58.1 Å². The van der Waals surface area contributed by atoms with Gasteiger partial charge in [-0.15, -0.1) is 0 Å². The number of para-hydroxylation sites is 1. The summed E-state index contributed by atoms with van der Waals surface area (Å²) in [5, 5.41) is 8.32. The summed E-state index contributed by atoms with van der Waals surface area (Å²) in [5.41, 5.74) is 1.29. The standard InChI is InChI=1S/C25H29Cl2N5O/c1-32(2)23-18-6-3-4-9-21(18)30-25(31-23)29-17-12-10-16(11-13-17)14-15-28-24(33)22-19(26)7-5-8-20(22)27/h3-9,16-17H,10-15H2,1-2H3,(H,28,33)(H,29,30,31)/t16-,17+. The predicted molar refractivity (Wildman–Crippen MR) is 137 cm³/mol. The van der Waals surface area contributed by atoms with Gasteiger partial charge in [0.25, 0.3) is 5.91 Å². The number of amides is 1. The Morgan fingerprint density at radius 3 is 2.39 bits per heavy atom. The van der Waals surface area contributed by atoms with Crippen molar-refractivity contribution in [2.24, 2.45) is 5.92 Å². The van der Waals surface area contributed by atoms with Crippen molar-refractivity contribution in [1.82, 2.24) is 15.3 Å². The lowest BCUT2D eigenvalue weighted by atomic mass is 9.84. The molecule has 1 aromatic heterocycles. The fourth-order valence-corrected chi connectivity index (χ4v) is 5.01. The highest BCUT2D eigenvalue weighted by Crippen LogP contribution is 2.30. The zero-order chi connectivity index (χ0) is 23.4. The Morgan fingerprint density at radius 1 is 1.00 bits per heavy atom. The first-order valence-electron chi connectivity index (χ1n) is 11.3. The molecular weight excluding hydrogens is 457 g/mol. The van der Waals surface area contributed by atoms with Crippen LogP contribution >= 0.6 is 23.2 Å². The Balaban J connectivity index is 1.28. The number of nitrogens with zero attached hydrogens (tertiary/aromatic N) is 3. The number of fused-ring (bicyclic) bond motifs is 1. The SMILES string of the molecule is CN(C)c1nc(N[C@H]2CC[C@@H](CCNC(=O)c3c(Cl)cccc3Cl)CC2)nc2ccccc12. The maximum Gasteiger partial charge on any atom is 0.254 e. The van der Waals surface area contributed by atoms with E-state index in [0.29, 0.717) is 40.1 Å². The van der Waals surface area contributed by atoms with Crippen molar-refractivity contribution in [3.63, 3.8) is 0 Å². The molecule has 1 fully saturated rings. The summed E-state index contributed by atoms with van der Waals surface area (Å²) in [6, 6.07) is 13.5. The molecule has 33 heavy (non-hydrogen) atoms. The van der Waals surface area contributed by atoms with Gasteiger partial charge in [-0.2, -0.15) is 4.98 Å². The van der Waals surface area contributed by atoms with Crippen molar-refractivity contribution in [3.8, 4) is 0 Å². The lowest BCUT2D eigenvalue weighted by Gasteiger charge is -2.29. The van der Waals surface area contributed by atoms with Crippen LogP contribution in [0.2, 0.25) is 10.0 Å². The molecule has 0 bridgehead atoms. The molecule has 0 spiro atoms. The third-order valence-electron chi connectivity index (χ3n) is 6.21. The predicted octanol–water partition coefficient (Wildman–Crippen LogP) is 5.79. The first-order valence-corrected chi connectivity index (χ1v) is 12.1. The van der Waals surface area contributed by atoms with E-state index in [0.717, 1.165) is 48.8 Å². The minimum Gasteiger partial charge on any atom is -0.362 e. The van der Waals surface area contributed by atoms with Crippen molar-refractivity contribution in [1.29, 1.82) is 0 Å². The smallest absolute Gasteiger partial charge is 0.254 e. The van der Waals surface area contributed by atoms with Gasteiger partial charge >= 0.3 is 0 Å². The van der Waals surface area contributed by atoms with Crippen LogP contribution in [0.4, 0.5) is 11.8 Å². The van der Waals surface area contributed by atoms with Crippen LogP contribution in [-0.2, 0) is 0 Å². The fourth-order valence-electron chi connectivity index (χ4n) is 4.44. The second-order valence-corrected chi connectivity index (χ2v) is 9.60. The number of hydrogen-bond donors (Lipinski definition) is 2. The maximum atomic E-state index is 12.4. The average Bonchev–Trinajstić information content (AvgIpc) is 2.79. The van der Waals surface area contributed by atoms with Crippen LogP contribution in [0.25, 0.3) is 10.9 Å². The van der Waals surface area contributed by atoms with Gasteiger partial charge in [0.15, 0.2) is 0 Å². The fraction of sp³-hybridized carbons (Fsp3) is 0.400. The average molecular weight is 486 g/mol. The Bertz CT molecular complexity index is 1110.